The number of rotatable bonds is 6. The zero-order valence-electron chi connectivity index (χ0n) is 20.7. The summed E-state index contributed by atoms with van der Waals surface area (Å²) in [6.07, 6.45) is 2.12. The van der Waals surface area contributed by atoms with E-state index in [1.54, 1.807) is 0 Å². The highest BCUT2D eigenvalue weighted by atomic mass is 32.2. The SMILES string of the molecule is COc1cc(F)c(-c2ccc(C(=O)NS(=O)(=O)c3cccnc3N)c(N3CCC(C)C3(C)C)n2)cc1F. The number of nitrogens with one attached hydrogen (secondary N) is 1. The van der Waals surface area contributed by atoms with Crippen molar-refractivity contribution in [2.45, 2.75) is 37.6 Å². The Kier molecular flexibility index (Phi) is 6.80. The highest BCUT2D eigenvalue weighted by Crippen LogP contribution is 2.40. The van der Waals surface area contributed by atoms with Crippen LogP contribution in [0.1, 0.15) is 37.6 Å². The largest absolute Gasteiger partial charge is 0.494 e. The summed E-state index contributed by atoms with van der Waals surface area (Å²) in [5, 5.41) is 0. The molecule has 2 aromatic heterocycles. The molecule has 37 heavy (non-hydrogen) atoms. The van der Waals surface area contributed by atoms with Crippen molar-refractivity contribution in [3.63, 3.8) is 0 Å². The van der Waals surface area contributed by atoms with E-state index in [1.807, 2.05) is 23.5 Å². The summed E-state index contributed by atoms with van der Waals surface area (Å²) in [6.45, 7) is 6.52. The van der Waals surface area contributed by atoms with E-state index in [0.29, 0.717) is 6.54 Å². The highest BCUT2D eigenvalue weighted by Gasteiger charge is 2.41. The topological polar surface area (TPSA) is 128 Å². The van der Waals surface area contributed by atoms with Crippen molar-refractivity contribution < 1.29 is 26.7 Å². The highest BCUT2D eigenvalue weighted by molar-refractivity contribution is 7.90. The lowest BCUT2D eigenvalue weighted by molar-refractivity contribution is 0.0981. The zero-order valence-corrected chi connectivity index (χ0v) is 21.6. The molecular formula is C25H27F2N5O4S. The molecule has 1 unspecified atom stereocenters. The summed E-state index contributed by atoms with van der Waals surface area (Å²) in [5.41, 5.74) is 5.12. The number of aromatic nitrogens is 2. The van der Waals surface area contributed by atoms with Gasteiger partial charge in [-0.2, -0.15) is 0 Å². The number of nitrogens with zero attached hydrogens (tertiary/aromatic N) is 3. The van der Waals surface area contributed by atoms with Crippen molar-refractivity contribution in [2.75, 3.05) is 24.3 Å². The Morgan fingerprint density at radius 2 is 1.95 bits per heavy atom. The maximum absolute atomic E-state index is 14.9. The first-order chi connectivity index (χ1) is 17.4. The molecule has 1 aliphatic rings. The standard InChI is InChI=1S/C25H27F2N5O4S/c1-14-9-11-32(25(14,2)3)23-15(24(33)31-37(34,35)21-6-5-10-29-22(21)28)7-8-19(30-23)16-12-18(27)20(36-4)13-17(16)26/h5-8,10,12-14H,9,11H2,1-4H3,(H2,28,29)(H,31,33). The van der Waals surface area contributed by atoms with Crippen LogP contribution in [0.2, 0.25) is 0 Å². The molecule has 0 saturated carbocycles. The second kappa shape index (κ2) is 9.58. The smallest absolute Gasteiger partial charge is 0.268 e. The molecule has 1 aliphatic heterocycles. The minimum Gasteiger partial charge on any atom is -0.494 e. The molecule has 1 atom stereocenters. The monoisotopic (exact) mass is 531 g/mol. The van der Waals surface area contributed by atoms with Crippen molar-refractivity contribution >= 4 is 27.6 Å². The van der Waals surface area contributed by atoms with Gasteiger partial charge in [-0.3, -0.25) is 4.79 Å². The summed E-state index contributed by atoms with van der Waals surface area (Å²) < 4.78 is 61.9. The third kappa shape index (κ3) is 4.80. The first kappa shape index (κ1) is 26.3. The van der Waals surface area contributed by atoms with Gasteiger partial charge in [-0.25, -0.2) is 31.9 Å². The molecule has 0 aliphatic carbocycles. The van der Waals surface area contributed by atoms with Gasteiger partial charge in [0, 0.05) is 29.9 Å². The number of amides is 1. The lowest BCUT2D eigenvalue weighted by atomic mass is 9.90. The van der Waals surface area contributed by atoms with Crippen LogP contribution in [0.15, 0.2) is 47.5 Å². The molecule has 1 fully saturated rings. The number of hydrogen-bond donors (Lipinski definition) is 2. The molecule has 9 nitrogen and oxygen atoms in total. The average molecular weight is 532 g/mol. The van der Waals surface area contributed by atoms with Crippen LogP contribution in [0.5, 0.6) is 5.75 Å². The number of carbonyl (C=O) groups excluding carboxylic acids is 1. The van der Waals surface area contributed by atoms with Crippen LogP contribution in [0.25, 0.3) is 11.3 Å². The molecule has 1 amide bonds. The Morgan fingerprint density at radius 3 is 2.57 bits per heavy atom. The molecule has 1 aromatic carbocycles. The molecule has 0 radical (unpaired) electrons. The van der Waals surface area contributed by atoms with E-state index in [2.05, 4.69) is 16.9 Å². The van der Waals surface area contributed by atoms with Gasteiger partial charge in [0.15, 0.2) is 11.6 Å². The molecule has 3 heterocycles. The second-order valence-electron chi connectivity index (χ2n) is 9.35. The first-order valence-corrected chi connectivity index (χ1v) is 12.9. The predicted molar refractivity (Wildman–Crippen MR) is 135 cm³/mol. The van der Waals surface area contributed by atoms with Crippen molar-refractivity contribution in [3.05, 3.63) is 59.8 Å². The average Bonchev–Trinajstić information content (AvgIpc) is 3.11. The van der Waals surface area contributed by atoms with Gasteiger partial charge >= 0.3 is 0 Å². The number of nitrogens with two attached hydrogens (primary N) is 1. The minimum absolute atomic E-state index is 0.0497. The maximum atomic E-state index is 14.9. The number of anilines is 2. The van der Waals surface area contributed by atoms with Gasteiger partial charge < -0.3 is 15.4 Å². The van der Waals surface area contributed by atoms with E-state index in [-0.39, 0.29) is 45.0 Å². The van der Waals surface area contributed by atoms with Crippen LogP contribution in [0.4, 0.5) is 20.4 Å². The van der Waals surface area contributed by atoms with Gasteiger partial charge in [0.05, 0.1) is 18.4 Å². The van der Waals surface area contributed by atoms with E-state index in [9.17, 15) is 22.0 Å². The number of methoxy groups -OCH3 is 1. The molecule has 0 bridgehead atoms. The predicted octanol–water partition coefficient (Wildman–Crippen LogP) is 3.76. The molecular weight excluding hydrogens is 504 g/mol. The number of halogens is 2. The molecule has 4 rings (SSSR count). The van der Waals surface area contributed by atoms with Crippen LogP contribution in [0, 0.1) is 17.6 Å². The van der Waals surface area contributed by atoms with Gasteiger partial charge in [0.1, 0.15) is 22.3 Å². The quantitative estimate of drug-likeness (QED) is 0.492. The van der Waals surface area contributed by atoms with E-state index >= 15 is 0 Å². The Morgan fingerprint density at radius 1 is 1.22 bits per heavy atom. The fourth-order valence-corrected chi connectivity index (χ4v) is 5.38. The van der Waals surface area contributed by atoms with E-state index in [0.717, 1.165) is 18.6 Å². The van der Waals surface area contributed by atoms with E-state index < -0.39 is 33.1 Å². The number of benzene rings is 1. The number of sulfonamides is 1. The van der Waals surface area contributed by atoms with Crippen molar-refractivity contribution in [1.29, 1.82) is 0 Å². The fourth-order valence-electron chi connectivity index (χ4n) is 4.33. The number of carbonyl (C=O) groups is 1. The molecule has 196 valence electrons. The van der Waals surface area contributed by atoms with Gasteiger partial charge in [0.2, 0.25) is 0 Å². The Labute approximate surface area is 213 Å². The number of hydrogen-bond acceptors (Lipinski definition) is 8. The second-order valence-corrected chi connectivity index (χ2v) is 11.0. The Hall–Kier alpha value is -3.80. The number of ether oxygens (including phenoxy) is 1. The molecule has 3 aromatic rings. The van der Waals surface area contributed by atoms with Crippen LogP contribution >= 0.6 is 0 Å². The fraction of sp³-hybridized carbons (Fsp3) is 0.320. The summed E-state index contributed by atoms with van der Waals surface area (Å²) in [7, 11) is -3.13. The zero-order chi connectivity index (χ0) is 27.1. The molecule has 3 N–H and O–H groups in total. The van der Waals surface area contributed by atoms with Gasteiger partial charge in [-0.1, -0.05) is 6.92 Å². The molecule has 0 spiro atoms. The first-order valence-electron chi connectivity index (χ1n) is 11.5. The summed E-state index contributed by atoms with van der Waals surface area (Å²) in [4.78, 5) is 23.1. The third-order valence-electron chi connectivity index (χ3n) is 6.90. The third-order valence-corrected chi connectivity index (χ3v) is 8.27. The van der Waals surface area contributed by atoms with Crippen LogP contribution in [-0.4, -0.2) is 43.5 Å². The van der Waals surface area contributed by atoms with E-state index in [1.165, 1.54) is 37.6 Å². The lowest BCUT2D eigenvalue weighted by Crippen LogP contribution is -2.43. The van der Waals surface area contributed by atoms with Gasteiger partial charge in [-0.15, -0.1) is 0 Å². The number of nitrogen functional groups attached to an aromatic ring is 1. The van der Waals surface area contributed by atoms with Crippen molar-refractivity contribution in [3.8, 4) is 17.0 Å². The van der Waals surface area contributed by atoms with Gasteiger partial charge in [-0.05, 0) is 56.5 Å². The minimum atomic E-state index is -4.36. The molecule has 1 saturated heterocycles. The Bertz CT molecular complexity index is 1480. The van der Waals surface area contributed by atoms with Crippen LogP contribution in [0.3, 0.4) is 0 Å². The van der Waals surface area contributed by atoms with Gasteiger partial charge in [0.25, 0.3) is 15.9 Å². The van der Waals surface area contributed by atoms with Crippen LogP contribution in [-0.2, 0) is 10.0 Å². The van der Waals surface area contributed by atoms with Crippen LogP contribution < -0.4 is 20.1 Å². The van der Waals surface area contributed by atoms with Crippen molar-refractivity contribution in [2.24, 2.45) is 5.92 Å². The molecule has 12 heteroatoms. The number of pyridine rings is 2. The maximum Gasteiger partial charge on any atom is 0.268 e. The summed E-state index contributed by atoms with van der Waals surface area (Å²) in [6, 6.07) is 7.17. The summed E-state index contributed by atoms with van der Waals surface area (Å²) in [5.74, 6) is -2.65. The normalized spacial score (nSPS) is 17.0. The van der Waals surface area contributed by atoms with E-state index in [4.69, 9.17) is 10.5 Å². The summed E-state index contributed by atoms with van der Waals surface area (Å²) >= 11 is 0. The Balaban J connectivity index is 1.82. The lowest BCUT2D eigenvalue weighted by Gasteiger charge is -2.36. The van der Waals surface area contributed by atoms with Crippen molar-refractivity contribution in [1.82, 2.24) is 14.7 Å².